The van der Waals surface area contributed by atoms with Crippen molar-refractivity contribution in [3.8, 4) is 0 Å². The van der Waals surface area contributed by atoms with Crippen LogP contribution in [-0.2, 0) is 14.3 Å². The summed E-state index contributed by atoms with van der Waals surface area (Å²) in [5, 5.41) is 11.4. The van der Waals surface area contributed by atoms with Crippen molar-refractivity contribution in [3.63, 3.8) is 0 Å². The second-order valence-corrected chi connectivity index (χ2v) is 14.4. The van der Waals surface area contributed by atoms with Crippen LogP contribution in [0.15, 0.2) is 0 Å². The van der Waals surface area contributed by atoms with Crippen LogP contribution in [0.25, 0.3) is 0 Å². The number of likely N-dealkylation sites (N-methyl/N-ethyl adjacent to an activating group) is 2. The topological polar surface area (TPSA) is 55.8 Å². The molecular formula is C29H50N2O4+2. The quantitative estimate of drug-likeness (QED) is 0.605. The molecule has 0 aromatic carbocycles. The van der Waals surface area contributed by atoms with Crippen LogP contribution in [0.5, 0.6) is 0 Å². The van der Waals surface area contributed by atoms with Gasteiger partial charge in [0.1, 0.15) is 44.4 Å². The Kier molecular flexibility index (Phi) is 6.01. The summed E-state index contributed by atoms with van der Waals surface area (Å²) in [6.07, 6.45) is 7.77. The minimum atomic E-state index is -0.190. The first-order valence-electron chi connectivity index (χ1n) is 14.7. The third kappa shape index (κ3) is 3.64. The number of aliphatic hydroxyl groups excluding tert-OH is 1. The zero-order valence-electron chi connectivity index (χ0n) is 22.7. The number of fused-ring (bicyclic) bond motifs is 5. The lowest BCUT2D eigenvalue weighted by Gasteiger charge is -2.62. The molecule has 1 N–H and O–H groups in total. The lowest BCUT2D eigenvalue weighted by Crippen LogP contribution is -2.67. The van der Waals surface area contributed by atoms with Crippen LogP contribution in [0.4, 0.5) is 0 Å². The number of hydrogen-bond donors (Lipinski definition) is 1. The van der Waals surface area contributed by atoms with Gasteiger partial charge in [-0.15, -0.1) is 0 Å². The number of carbonyl (C=O) groups is 1. The largest absolute Gasteiger partial charge is 0.387 e. The maximum atomic E-state index is 14.0. The Morgan fingerprint density at radius 3 is 2.14 bits per heavy atom. The van der Waals surface area contributed by atoms with Crippen molar-refractivity contribution in [1.82, 2.24) is 0 Å². The molecule has 9 atom stereocenters. The molecule has 0 radical (unpaired) electrons. The van der Waals surface area contributed by atoms with Gasteiger partial charge in [-0.25, -0.2) is 0 Å². The van der Waals surface area contributed by atoms with Crippen molar-refractivity contribution in [1.29, 1.82) is 0 Å². The second-order valence-electron chi connectivity index (χ2n) is 14.4. The maximum absolute atomic E-state index is 14.0. The number of morpholine rings is 2. The summed E-state index contributed by atoms with van der Waals surface area (Å²) in [6.45, 7) is 12.1. The van der Waals surface area contributed by atoms with Gasteiger partial charge in [0.05, 0.1) is 40.5 Å². The van der Waals surface area contributed by atoms with Gasteiger partial charge in [-0.3, -0.25) is 4.79 Å². The van der Waals surface area contributed by atoms with Gasteiger partial charge in [0.15, 0.2) is 5.78 Å². The molecule has 198 valence electrons. The van der Waals surface area contributed by atoms with Crippen LogP contribution in [0.1, 0.15) is 58.8 Å². The third-order valence-electron chi connectivity index (χ3n) is 13.0. The van der Waals surface area contributed by atoms with Gasteiger partial charge in [0.2, 0.25) is 0 Å². The number of carbonyl (C=O) groups excluding carboxylic acids is 1. The Balaban J connectivity index is 1.27. The number of nitrogens with zero attached hydrogens (tertiary/aromatic N) is 2. The second kappa shape index (κ2) is 8.49. The van der Waals surface area contributed by atoms with Crippen molar-refractivity contribution >= 4 is 5.78 Å². The molecule has 0 spiro atoms. The van der Waals surface area contributed by atoms with Gasteiger partial charge >= 0.3 is 0 Å². The molecule has 0 bridgehead atoms. The summed E-state index contributed by atoms with van der Waals surface area (Å²) in [4.78, 5) is 14.0. The number of rotatable bonds is 2. The Labute approximate surface area is 212 Å². The molecule has 2 saturated heterocycles. The lowest BCUT2D eigenvalue weighted by molar-refractivity contribution is -0.945. The van der Waals surface area contributed by atoms with E-state index in [0.29, 0.717) is 35.5 Å². The van der Waals surface area contributed by atoms with Gasteiger partial charge in [0.25, 0.3) is 0 Å². The average Bonchev–Trinajstić information content (AvgIpc) is 3.12. The van der Waals surface area contributed by atoms with E-state index in [9.17, 15) is 9.90 Å². The molecule has 6 nitrogen and oxygen atoms in total. The molecular weight excluding hydrogens is 440 g/mol. The maximum Gasteiger partial charge on any atom is 0.196 e. The highest BCUT2D eigenvalue weighted by Crippen LogP contribution is 2.66. The number of ether oxygens (including phenoxy) is 2. The Morgan fingerprint density at radius 2 is 1.49 bits per heavy atom. The fraction of sp³-hybridized carbons (Fsp3) is 0.966. The van der Waals surface area contributed by atoms with Crippen LogP contribution in [0.2, 0.25) is 0 Å². The van der Waals surface area contributed by atoms with E-state index in [1.54, 1.807) is 0 Å². The van der Waals surface area contributed by atoms with Crippen molar-refractivity contribution < 1.29 is 28.3 Å². The molecule has 0 amide bonds. The SMILES string of the molecule is C[C@]12CC([N+]3(C)CCOCC3)[C@@H](O)C[C@@H]1CC[C@@H]1[C@@H]2CC[C@]2(C)C(=O)C([N+]3(C)CCOCC3)C[C@@H]12. The number of aliphatic hydroxyl groups is 1. The molecule has 2 heterocycles. The summed E-state index contributed by atoms with van der Waals surface area (Å²) < 4.78 is 13.3. The first-order valence-corrected chi connectivity index (χ1v) is 14.7. The van der Waals surface area contributed by atoms with E-state index in [0.717, 1.165) is 87.3 Å². The van der Waals surface area contributed by atoms with Gasteiger partial charge in [0, 0.05) is 18.3 Å². The molecule has 6 aliphatic rings. The monoisotopic (exact) mass is 490 g/mol. The van der Waals surface area contributed by atoms with Crippen LogP contribution in [0.3, 0.4) is 0 Å². The van der Waals surface area contributed by atoms with E-state index in [-0.39, 0.29) is 23.0 Å². The molecule has 6 rings (SSSR count). The standard InChI is InChI=1S/C29H50N2O4/c1-28-8-7-22-21(23(28)18-24(27(28)33)30(3)9-13-34-14-10-30)6-5-20-17-26(32)25(19-29(20,22)2)31(4)11-15-35-16-12-31/h20-26,32H,5-19H2,1-4H3/q+2/t20-,21+,22-,23-,24?,25?,26-,28-,29-/m0/s1. The number of quaternary nitrogens is 2. The summed E-state index contributed by atoms with van der Waals surface area (Å²) in [5.74, 6) is 3.10. The molecule has 2 aliphatic heterocycles. The highest BCUT2D eigenvalue weighted by Gasteiger charge is 2.66. The smallest absolute Gasteiger partial charge is 0.196 e. The molecule has 6 heteroatoms. The minimum absolute atomic E-state index is 0.134. The van der Waals surface area contributed by atoms with Crippen molar-refractivity contribution in [3.05, 3.63) is 0 Å². The average molecular weight is 491 g/mol. The molecule has 4 aliphatic carbocycles. The zero-order chi connectivity index (χ0) is 24.6. The van der Waals surface area contributed by atoms with E-state index in [1.807, 2.05) is 0 Å². The summed E-state index contributed by atoms with van der Waals surface area (Å²) >= 11 is 0. The van der Waals surface area contributed by atoms with Crippen molar-refractivity contribution in [2.75, 3.05) is 66.7 Å². The lowest BCUT2D eigenvalue weighted by atomic mass is 9.44. The van der Waals surface area contributed by atoms with Crippen LogP contribution < -0.4 is 0 Å². The molecule has 2 unspecified atom stereocenters. The van der Waals surface area contributed by atoms with Crippen LogP contribution >= 0.6 is 0 Å². The van der Waals surface area contributed by atoms with E-state index in [2.05, 4.69) is 27.9 Å². The summed E-state index contributed by atoms with van der Waals surface area (Å²) in [7, 11) is 4.69. The molecule has 35 heavy (non-hydrogen) atoms. The molecule has 6 fully saturated rings. The number of Topliss-reactive ketones (excluding diaryl/α,β-unsaturated/α-hetero) is 1. The van der Waals surface area contributed by atoms with Crippen LogP contribution in [0, 0.1) is 34.5 Å². The van der Waals surface area contributed by atoms with E-state index in [1.165, 1.54) is 19.3 Å². The van der Waals surface area contributed by atoms with E-state index in [4.69, 9.17) is 9.47 Å². The fourth-order valence-corrected chi connectivity index (χ4v) is 10.4. The Hall–Kier alpha value is -0.530. The highest BCUT2D eigenvalue weighted by atomic mass is 16.5. The Morgan fingerprint density at radius 1 is 0.857 bits per heavy atom. The normalized spacial score (nSPS) is 51.2. The van der Waals surface area contributed by atoms with E-state index < -0.39 is 0 Å². The molecule has 4 saturated carbocycles. The minimum Gasteiger partial charge on any atom is -0.387 e. The first-order chi connectivity index (χ1) is 16.6. The molecule has 0 aromatic rings. The zero-order valence-corrected chi connectivity index (χ0v) is 22.7. The number of ketones is 1. The van der Waals surface area contributed by atoms with Gasteiger partial charge in [-0.05, 0) is 61.2 Å². The van der Waals surface area contributed by atoms with E-state index >= 15 is 0 Å². The summed E-state index contributed by atoms with van der Waals surface area (Å²) in [5.41, 5.74) is 0.150. The highest BCUT2D eigenvalue weighted by molar-refractivity contribution is 5.91. The van der Waals surface area contributed by atoms with Gasteiger partial charge in [-0.2, -0.15) is 0 Å². The van der Waals surface area contributed by atoms with Gasteiger partial charge < -0.3 is 23.5 Å². The fourth-order valence-electron chi connectivity index (χ4n) is 10.4. The summed E-state index contributed by atoms with van der Waals surface area (Å²) in [6, 6.07) is 0.486. The van der Waals surface area contributed by atoms with Crippen molar-refractivity contribution in [2.45, 2.75) is 77.0 Å². The number of hydrogen-bond acceptors (Lipinski definition) is 4. The predicted octanol–water partition coefficient (Wildman–Crippen LogP) is 2.87. The van der Waals surface area contributed by atoms with Crippen LogP contribution in [-0.4, -0.2) is 105 Å². The first kappa shape index (κ1) is 24.8. The Bertz CT molecular complexity index is 837. The molecule has 0 aromatic heterocycles. The third-order valence-corrected chi connectivity index (χ3v) is 13.0. The predicted molar refractivity (Wildman–Crippen MR) is 135 cm³/mol. The van der Waals surface area contributed by atoms with Gasteiger partial charge in [-0.1, -0.05) is 13.8 Å². The van der Waals surface area contributed by atoms with Crippen molar-refractivity contribution in [2.24, 2.45) is 34.5 Å².